The molecule has 9 atom stereocenters. The molecule has 1 aliphatic rings. The van der Waals surface area contributed by atoms with Crippen LogP contribution < -0.4 is 32.3 Å². The van der Waals surface area contributed by atoms with Crippen LogP contribution in [0.4, 0.5) is 0 Å². The maximum Gasteiger partial charge on any atom is 0.308 e. The van der Waals surface area contributed by atoms with Gasteiger partial charge in [0.25, 0.3) is 0 Å². The van der Waals surface area contributed by atoms with E-state index in [1.54, 1.807) is 13.8 Å². The predicted octanol–water partition coefficient (Wildman–Crippen LogP) is -4.38. The fourth-order valence-corrected chi connectivity index (χ4v) is 5.22. The van der Waals surface area contributed by atoms with Crippen molar-refractivity contribution in [3.05, 3.63) is 0 Å². The topological polar surface area (TPSA) is 350 Å². The van der Waals surface area contributed by atoms with E-state index in [0.29, 0.717) is 6.42 Å². The number of esters is 5. The van der Waals surface area contributed by atoms with Gasteiger partial charge in [0.05, 0.1) is 19.7 Å². The Hall–Kier alpha value is -5.91. The Morgan fingerprint density at radius 1 is 0.690 bits per heavy atom. The smallest absolute Gasteiger partial charge is 0.308 e. The molecule has 24 nitrogen and oxygen atoms in total. The highest BCUT2D eigenvalue weighted by Crippen LogP contribution is 2.30. The number of ether oxygens (including phenoxy) is 6. The van der Waals surface area contributed by atoms with Crippen molar-refractivity contribution < 1.29 is 86.3 Å². The van der Waals surface area contributed by atoms with Crippen molar-refractivity contribution in [2.24, 2.45) is 11.7 Å². The standard InChI is InChI=1S/C34H52N6O18/c1-8-15(2)27(33(52)36-11-24(35)47)40-25(48)12-37-31(50)22(13-41)39-32(51)21(38-16(3)42)9-10-26(49)58-34-30(56-20(7)46)29(55-19(6)45)28(54-18(5)44)23(57-34)14-53-17(4)43/h15,21-23,27-30,34,41H,8-14H2,1-7H3,(H2,35,47)(H,36,52)(H,37,50)(H,38,42)(H,39,51)(H,40,48)/t15-,21-,22-,23+,27-,28-,29-,30+,34+/m0/s1. The van der Waals surface area contributed by atoms with E-state index in [4.69, 9.17) is 34.2 Å². The Bertz CT molecular complexity index is 1540. The first kappa shape index (κ1) is 50.1. The third-order valence-corrected chi connectivity index (χ3v) is 8.01. The van der Waals surface area contributed by atoms with E-state index in [1.807, 2.05) is 0 Å². The van der Waals surface area contributed by atoms with Crippen LogP contribution in [0.5, 0.6) is 0 Å². The normalized spacial score (nSPS) is 20.5. The summed E-state index contributed by atoms with van der Waals surface area (Å²) in [6, 6.07) is -4.30. The summed E-state index contributed by atoms with van der Waals surface area (Å²) in [5.41, 5.74) is 5.05. The van der Waals surface area contributed by atoms with Gasteiger partial charge < -0.3 is 65.8 Å². The highest BCUT2D eigenvalue weighted by molar-refractivity contribution is 5.95. The summed E-state index contributed by atoms with van der Waals surface area (Å²) in [5.74, 6) is -10.3. The van der Waals surface area contributed by atoms with Gasteiger partial charge in [0.15, 0.2) is 12.2 Å². The van der Waals surface area contributed by atoms with Crippen LogP contribution in [0, 0.1) is 5.92 Å². The molecule has 1 heterocycles. The quantitative estimate of drug-likeness (QED) is 0.0400. The Labute approximate surface area is 332 Å². The summed E-state index contributed by atoms with van der Waals surface area (Å²) in [5, 5.41) is 21.3. The first-order chi connectivity index (χ1) is 27.1. The Morgan fingerprint density at radius 3 is 1.78 bits per heavy atom. The highest BCUT2D eigenvalue weighted by atomic mass is 16.7. The number of aliphatic hydroxyl groups excluding tert-OH is 1. The minimum Gasteiger partial charge on any atom is -0.463 e. The zero-order chi connectivity index (χ0) is 44.3. The van der Waals surface area contributed by atoms with Crippen LogP contribution in [0.15, 0.2) is 0 Å². The van der Waals surface area contributed by atoms with Gasteiger partial charge in [0, 0.05) is 41.0 Å². The van der Waals surface area contributed by atoms with Crippen molar-refractivity contribution in [1.82, 2.24) is 26.6 Å². The van der Waals surface area contributed by atoms with Gasteiger partial charge >= 0.3 is 29.8 Å². The molecule has 0 aromatic carbocycles. The van der Waals surface area contributed by atoms with Gasteiger partial charge in [-0.05, 0) is 12.3 Å². The monoisotopic (exact) mass is 832 g/mol. The van der Waals surface area contributed by atoms with Gasteiger partial charge in [-0.25, -0.2) is 0 Å². The molecule has 8 N–H and O–H groups in total. The number of aliphatic hydroxyl groups is 1. The molecule has 1 fully saturated rings. The molecular weight excluding hydrogens is 780 g/mol. The molecule has 0 spiro atoms. The number of nitrogens with two attached hydrogens (primary N) is 1. The van der Waals surface area contributed by atoms with E-state index < -0.39 is 159 Å². The minimum absolute atomic E-state index is 0.396. The number of primary amides is 1. The molecule has 0 bridgehead atoms. The van der Waals surface area contributed by atoms with E-state index >= 15 is 0 Å². The molecule has 0 saturated carbocycles. The molecule has 0 radical (unpaired) electrons. The second kappa shape index (κ2) is 24.7. The zero-order valence-electron chi connectivity index (χ0n) is 33.1. The van der Waals surface area contributed by atoms with Crippen molar-refractivity contribution >= 4 is 65.3 Å². The van der Waals surface area contributed by atoms with Crippen LogP contribution in [0.25, 0.3) is 0 Å². The largest absolute Gasteiger partial charge is 0.463 e. The van der Waals surface area contributed by atoms with Crippen molar-refractivity contribution in [3.8, 4) is 0 Å². The van der Waals surface area contributed by atoms with Crippen LogP contribution in [-0.2, 0) is 81.2 Å². The van der Waals surface area contributed by atoms with E-state index in [-0.39, 0.29) is 0 Å². The lowest BCUT2D eigenvalue weighted by atomic mass is 9.98. The number of carbonyl (C=O) groups excluding carboxylic acids is 11. The first-order valence-corrected chi connectivity index (χ1v) is 17.9. The summed E-state index contributed by atoms with van der Waals surface area (Å²) < 4.78 is 31.8. The highest BCUT2D eigenvalue weighted by Gasteiger charge is 2.53. The SMILES string of the molecule is CC[C@H](C)[C@H](NC(=O)CNC(=O)[C@H](CO)NC(=O)[C@H](CCC(=O)O[C@H]1O[C@H](COC(C)=O)[C@H](OC(C)=O)[C@H](OC(C)=O)[C@H]1OC(C)=O)NC(C)=O)C(=O)NCC(N)=O. The van der Waals surface area contributed by atoms with E-state index in [0.717, 1.165) is 34.6 Å². The molecule has 0 unspecified atom stereocenters. The van der Waals surface area contributed by atoms with Crippen LogP contribution in [0.1, 0.15) is 67.7 Å². The number of hydrogen-bond donors (Lipinski definition) is 7. The Morgan fingerprint density at radius 2 is 1.26 bits per heavy atom. The van der Waals surface area contributed by atoms with Gasteiger partial charge in [-0.2, -0.15) is 0 Å². The molecule has 1 aliphatic heterocycles. The average molecular weight is 833 g/mol. The third-order valence-electron chi connectivity index (χ3n) is 8.01. The van der Waals surface area contributed by atoms with Crippen LogP contribution in [0.2, 0.25) is 0 Å². The van der Waals surface area contributed by atoms with Crippen molar-refractivity contribution in [1.29, 1.82) is 0 Å². The molecule has 6 amide bonds. The fraction of sp³-hybridized carbons (Fsp3) is 0.676. The first-order valence-electron chi connectivity index (χ1n) is 17.9. The summed E-state index contributed by atoms with van der Waals surface area (Å²) in [4.78, 5) is 135. The summed E-state index contributed by atoms with van der Waals surface area (Å²) in [6.07, 6.45) is -8.91. The maximum absolute atomic E-state index is 13.2. The Balaban J connectivity index is 3.10. The van der Waals surface area contributed by atoms with Gasteiger partial charge in [-0.1, -0.05) is 20.3 Å². The molecule has 0 aromatic heterocycles. The molecule has 0 aliphatic carbocycles. The molecule has 326 valence electrons. The van der Waals surface area contributed by atoms with Gasteiger partial charge in [0.2, 0.25) is 47.8 Å². The van der Waals surface area contributed by atoms with Gasteiger partial charge in [-0.3, -0.25) is 52.7 Å². The molecule has 1 saturated heterocycles. The van der Waals surface area contributed by atoms with Crippen LogP contribution in [-0.4, -0.2) is 146 Å². The van der Waals surface area contributed by atoms with E-state index in [2.05, 4.69) is 26.6 Å². The third kappa shape index (κ3) is 17.9. The molecular formula is C34H52N6O18. The van der Waals surface area contributed by atoms with Gasteiger partial charge in [0.1, 0.15) is 30.8 Å². The average Bonchev–Trinajstić information content (AvgIpc) is 3.12. The Kier molecular flexibility index (Phi) is 21.3. The second-order valence-electron chi connectivity index (χ2n) is 12.9. The molecule has 1 rings (SSSR count). The molecule has 58 heavy (non-hydrogen) atoms. The van der Waals surface area contributed by atoms with Crippen LogP contribution >= 0.6 is 0 Å². The number of rotatable bonds is 22. The lowest BCUT2D eigenvalue weighted by Gasteiger charge is -2.43. The number of amides is 6. The van der Waals surface area contributed by atoms with Crippen molar-refractivity contribution in [2.45, 2.75) is 117 Å². The van der Waals surface area contributed by atoms with Crippen LogP contribution in [0.3, 0.4) is 0 Å². The number of hydrogen-bond acceptors (Lipinski definition) is 18. The van der Waals surface area contributed by atoms with Crippen molar-refractivity contribution in [2.75, 3.05) is 26.3 Å². The number of carbonyl (C=O) groups is 11. The maximum atomic E-state index is 13.2. The molecule has 24 heteroatoms. The predicted molar refractivity (Wildman–Crippen MR) is 191 cm³/mol. The lowest BCUT2D eigenvalue weighted by Crippen LogP contribution is -2.63. The number of nitrogens with one attached hydrogen (secondary N) is 5. The second-order valence-corrected chi connectivity index (χ2v) is 12.9. The summed E-state index contributed by atoms with van der Waals surface area (Å²) >= 11 is 0. The van der Waals surface area contributed by atoms with Gasteiger partial charge in [-0.15, -0.1) is 0 Å². The fourth-order valence-electron chi connectivity index (χ4n) is 5.22. The molecule has 0 aromatic rings. The minimum atomic E-state index is -1.87. The summed E-state index contributed by atoms with van der Waals surface area (Å²) in [6.45, 7) is 5.73. The summed E-state index contributed by atoms with van der Waals surface area (Å²) in [7, 11) is 0. The lowest BCUT2D eigenvalue weighted by molar-refractivity contribution is -0.300. The van der Waals surface area contributed by atoms with Crippen molar-refractivity contribution in [3.63, 3.8) is 0 Å². The van der Waals surface area contributed by atoms with E-state index in [9.17, 15) is 57.8 Å². The van der Waals surface area contributed by atoms with E-state index in [1.165, 1.54) is 0 Å². The zero-order valence-corrected chi connectivity index (χ0v) is 33.1.